The first-order chi connectivity index (χ1) is 9.83. The number of benzene rings is 1. The van der Waals surface area contributed by atoms with Crippen molar-refractivity contribution < 1.29 is 4.79 Å². The molecule has 0 bridgehead atoms. The fourth-order valence-corrected chi connectivity index (χ4v) is 2.37. The summed E-state index contributed by atoms with van der Waals surface area (Å²) in [5.74, 6) is -0.0288. The van der Waals surface area contributed by atoms with Crippen molar-refractivity contribution in [3.05, 3.63) is 42.5 Å². The molecule has 22 heavy (non-hydrogen) atoms. The van der Waals surface area contributed by atoms with E-state index >= 15 is 0 Å². The lowest BCUT2D eigenvalue weighted by atomic mass is 10.1. The minimum Gasteiger partial charge on any atom is -0.349 e. The number of carbonyl (C=O) groups excluding carboxylic acids is 1. The fraction of sp³-hybridized carbons (Fsp3) is 0.357. The molecule has 0 unspecified atom stereocenters. The predicted octanol–water partition coefficient (Wildman–Crippen LogP) is 1.59. The fourth-order valence-electron chi connectivity index (χ4n) is 2.37. The Balaban J connectivity index is 0.00000121. The van der Waals surface area contributed by atoms with Crippen molar-refractivity contribution >= 4 is 30.7 Å². The summed E-state index contributed by atoms with van der Waals surface area (Å²) >= 11 is 0. The molecule has 0 saturated carbocycles. The van der Waals surface area contributed by atoms with Crippen LogP contribution in [0.4, 0.5) is 0 Å². The lowest BCUT2D eigenvalue weighted by molar-refractivity contribution is 0.0929. The van der Waals surface area contributed by atoms with Crippen molar-refractivity contribution in [1.29, 1.82) is 0 Å². The SMILES string of the molecule is Cl.Cl.O=C(NC1CCNCC1)c1cccc(-n2cncn2)c1. The quantitative estimate of drug-likeness (QED) is 0.887. The molecule has 6 nitrogen and oxygen atoms in total. The minimum atomic E-state index is -0.0288. The third-order valence-corrected chi connectivity index (χ3v) is 3.47. The number of amides is 1. The van der Waals surface area contributed by atoms with Crippen molar-refractivity contribution in [1.82, 2.24) is 25.4 Å². The summed E-state index contributed by atoms with van der Waals surface area (Å²) in [6.45, 7) is 1.92. The molecule has 1 saturated heterocycles. The molecular weight excluding hydrogens is 325 g/mol. The van der Waals surface area contributed by atoms with Gasteiger partial charge in [0.25, 0.3) is 5.91 Å². The molecule has 0 radical (unpaired) electrons. The standard InChI is InChI=1S/C14H17N5O.2ClH/c20-14(18-12-4-6-15-7-5-12)11-2-1-3-13(8-11)19-10-16-9-17-19;;/h1-3,8-10,12,15H,4-7H2,(H,18,20);2*1H. The largest absolute Gasteiger partial charge is 0.349 e. The molecule has 0 aliphatic carbocycles. The topological polar surface area (TPSA) is 71.8 Å². The molecule has 0 spiro atoms. The highest BCUT2D eigenvalue weighted by Crippen LogP contribution is 2.10. The van der Waals surface area contributed by atoms with E-state index in [0.717, 1.165) is 31.6 Å². The van der Waals surface area contributed by atoms with Gasteiger partial charge in [0.1, 0.15) is 12.7 Å². The van der Waals surface area contributed by atoms with Crippen LogP contribution in [-0.4, -0.2) is 39.8 Å². The second kappa shape index (κ2) is 8.73. The number of hydrogen-bond donors (Lipinski definition) is 2. The summed E-state index contributed by atoms with van der Waals surface area (Å²) in [6.07, 6.45) is 5.05. The minimum absolute atomic E-state index is 0. The Bertz CT molecular complexity index is 585. The summed E-state index contributed by atoms with van der Waals surface area (Å²) < 4.78 is 1.64. The van der Waals surface area contributed by atoms with Gasteiger partial charge in [0, 0.05) is 11.6 Å². The smallest absolute Gasteiger partial charge is 0.251 e. The van der Waals surface area contributed by atoms with Gasteiger partial charge in [-0.2, -0.15) is 5.10 Å². The number of rotatable bonds is 3. The molecule has 8 heteroatoms. The van der Waals surface area contributed by atoms with Crippen molar-refractivity contribution in [2.75, 3.05) is 13.1 Å². The van der Waals surface area contributed by atoms with Crippen LogP contribution in [0.15, 0.2) is 36.9 Å². The number of piperidine rings is 1. The van der Waals surface area contributed by atoms with E-state index in [9.17, 15) is 4.79 Å². The molecule has 1 aliphatic heterocycles. The first kappa shape index (κ1) is 18.4. The second-order valence-electron chi connectivity index (χ2n) is 4.89. The average Bonchev–Trinajstić information content (AvgIpc) is 3.03. The molecule has 1 aromatic carbocycles. The molecule has 120 valence electrons. The van der Waals surface area contributed by atoms with E-state index < -0.39 is 0 Å². The van der Waals surface area contributed by atoms with E-state index in [4.69, 9.17) is 0 Å². The third kappa shape index (κ3) is 4.43. The Labute approximate surface area is 141 Å². The van der Waals surface area contributed by atoms with Crippen LogP contribution in [-0.2, 0) is 0 Å². The van der Waals surface area contributed by atoms with Crippen molar-refractivity contribution in [3.8, 4) is 5.69 Å². The van der Waals surface area contributed by atoms with Gasteiger partial charge in [0.2, 0.25) is 0 Å². The molecule has 3 rings (SSSR count). The van der Waals surface area contributed by atoms with Crippen LogP contribution < -0.4 is 10.6 Å². The van der Waals surface area contributed by atoms with E-state index in [1.165, 1.54) is 6.33 Å². The lowest BCUT2D eigenvalue weighted by Crippen LogP contribution is -2.42. The van der Waals surface area contributed by atoms with Gasteiger partial charge in [0.05, 0.1) is 5.69 Å². The number of nitrogens with zero attached hydrogens (tertiary/aromatic N) is 3. The van der Waals surface area contributed by atoms with Gasteiger partial charge in [-0.05, 0) is 44.1 Å². The van der Waals surface area contributed by atoms with Crippen LogP contribution in [0, 0.1) is 0 Å². The number of halogens is 2. The van der Waals surface area contributed by atoms with Crippen molar-refractivity contribution in [3.63, 3.8) is 0 Å². The number of aromatic nitrogens is 3. The van der Waals surface area contributed by atoms with Gasteiger partial charge in [-0.3, -0.25) is 4.79 Å². The molecule has 1 aliphatic rings. The van der Waals surface area contributed by atoms with Crippen LogP contribution in [0.2, 0.25) is 0 Å². The third-order valence-electron chi connectivity index (χ3n) is 3.47. The highest BCUT2D eigenvalue weighted by Gasteiger charge is 2.16. The Hall–Kier alpha value is -1.63. The maximum atomic E-state index is 12.3. The highest BCUT2D eigenvalue weighted by molar-refractivity contribution is 5.94. The van der Waals surface area contributed by atoms with Crippen LogP contribution in [0.3, 0.4) is 0 Å². The summed E-state index contributed by atoms with van der Waals surface area (Å²) in [5, 5.41) is 10.4. The maximum Gasteiger partial charge on any atom is 0.251 e. The summed E-state index contributed by atoms with van der Waals surface area (Å²) in [4.78, 5) is 16.2. The molecule has 1 amide bonds. The van der Waals surface area contributed by atoms with Gasteiger partial charge in [-0.25, -0.2) is 9.67 Å². The van der Waals surface area contributed by atoms with Gasteiger partial charge in [0.15, 0.2) is 0 Å². The van der Waals surface area contributed by atoms with Gasteiger partial charge < -0.3 is 10.6 Å². The van der Waals surface area contributed by atoms with Gasteiger partial charge in [-0.15, -0.1) is 24.8 Å². The summed E-state index contributed by atoms with van der Waals surface area (Å²) in [6, 6.07) is 7.66. The predicted molar refractivity (Wildman–Crippen MR) is 89.2 cm³/mol. The summed E-state index contributed by atoms with van der Waals surface area (Å²) in [7, 11) is 0. The van der Waals surface area contributed by atoms with Gasteiger partial charge in [-0.1, -0.05) is 6.07 Å². The summed E-state index contributed by atoms with van der Waals surface area (Å²) in [5.41, 5.74) is 1.48. The molecule has 2 N–H and O–H groups in total. The van der Waals surface area contributed by atoms with E-state index in [0.29, 0.717) is 5.56 Å². The first-order valence-corrected chi connectivity index (χ1v) is 6.79. The molecule has 2 aromatic rings. The number of nitrogens with one attached hydrogen (secondary N) is 2. The van der Waals surface area contributed by atoms with E-state index in [-0.39, 0.29) is 36.8 Å². The van der Waals surface area contributed by atoms with Crippen LogP contribution >= 0.6 is 24.8 Å². The van der Waals surface area contributed by atoms with Crippen LogP contribution in [0.5, 0.6) is 0 Å². The highest BCUT2D eigenvalue weighted by atomic mass is 35.5. The van der Waals surface area contributed by atoms with Crippen LogP contribution in [0.25, 0.3) is 5.69 Å². The van der Waals surface area contributed by atoms with E-state index in [1.807, 2.05) is 24.3 Å². The lowest BCUT2D eigenvalue weighted by Gasteiger charge is -2.23. The molecule has 1 fully saturated rings. The molecule has 0 atom stereocenters. The van der Waals surface area contributed by atoms with E-state index in [1.54, 1.807) is 11.0 Å². The first-order valence-electron chi connectivity index (χ1n) is 6.79. The molecular formula is C14H19Cl2N5O. The number of hydrogen-bond acceptors (Lipinski definition) is 4. The Morgan fingerprint density at radius 3 is 2.73 bits per heavy atom. The van der Waals surface area contributed by atoms with Crippen LogP contribution in [0.1, 0.15) is 23.2 Å². The Morgan fingerprint density at radius 1 is 1.27 bits per heavy atom. The normalized spacial score (nSPS) is 14.5. The van der Waals surface area contributed by atoms with Gasteiger partial charge >= 0.3 is 0 Å². The monoisotopic (exact) mass is 343 g/mol. The van der Waals surface area contributed by atoms with Crippen molar-refractivity contribution in [2.45, 2.75) is 18.9 Å². The molecule has 2 heterocycles. The zero-order valence-corrected chi connectivity index (χ0v) is 13.6. The Morgan fingerprint density at radius 2 is 2.05 bits per heavy atom. The average molecular weight is 344 g/mol. The van der Waals surface area contributed by atoms with E-state index in [2.05, 4.69) is 20.7 Å². The zero-order valence-electron chi connectivity index (χ0n) is 11.9. The second-order valence-corrected chi connectivity index (χ2v) is 4.89. The zero-order chi connectivity index (χ0) is 13.8. The number of carbonyl (C=O) groups is 1. The maximum absolute atomic E-state index is 12.3. The molecule has 1 aromatic heterocycles. The Kier molecular flexibility index (Phi) is 7.31. The van der Waals surface area contributed by atoms with Crippen molar-refractivity contribution in [2.24, 2.45) is 0 Å².